The Bertz CT molecular complexity index is 649. The minimum absolute atomic E-state index is 0.0309. The highest BCUT2D eigenvalue weighted by Crippen LogP contribution is 2.42. The maximum Gasteiger partial charge on any atom is 0.319 e. The molecule has 0 unspecified atom stereocenters. The SMILES string of the molecule is CC(C)N1CCO[C@]2(CN(C(=O)N(C)C)C[C@H]2c2cccnc2)C1=O. The van der Waals surface area contributed by atoms with E-state index in [1.807, 2.05) is 30.9 Å². The number of rotatable bonds is 2. The first kappa shape index (κ1) is 17.7. The van der Waals surface area contributed by atoms with Crippen LogP contribution in [-0.2, 0) is 9.53 Å². The number of carbonyl (C=O) groups excluding carboxylic acids is 2. The maximum atomic E-state index is 13.3. The Kier molecular flexibility index (Phi) is 4.69. The van der Waals surface area contributed by atoms with E-state index in [-0.39, 0.29) is 30.4 Å². The molecule has 0 saturated carbocycles. The van der Waals surface area contributed by atoms with Gasteiger partial charge in [0.05, 0.1) is 13.2 Å². The van der Waals surface area contributed by atoms with Crippen LogP contribution in [-0.4, -0.2) is 83.6 Å². The first-order valence-electron chi connectivity index (χ1n) is 8.68. The summed E-state index contributed by atoms with van der Waals surface area (Å²) < 4.78 is 6.11. The third-order valence-corrected chi connectivity index (χ3v) is 5.07. The molecule has 1 spiro atoms. The number of pyridine rings is 1. The molecule has 7 nitrogen and oxygen atoms in total. The highest BCUT2D eigenvalue weighted by atomic mass is 16.5. The highest BCUT2D eigenvalue weighted by Gasteiger charge is 2.58. The molecule has 1 aromatic heterocycles. The molecule has 0 aliphatic carbocycles. The largest absolute Gasteiger partial charge is 0.361 e. The van der Waals surface area contributed by atoms with Crippen LogP contribution in [0.4, 0.5) is 4.79 Å². The van der Waals surface area contributed by atoms with Gasteiger partial charge >= 0.3 is 6.03 Å². The molecule has 2 fully saturated rings. The van der Waals surface area contributed by atoms with Gasteiger partial charge in [0.1, 0.15) is 0 Å². The predicted octanol–water partition coefficient (Wildman–Crippen LogP) is 1.17. The molecular formula is C18H26N4O3. The monoisotopic (exact) mass is 346 g/mol. The van der Waals surface area contributed by atoms with Crippen molar-refractivity contribution in [3.05, 3.63) is 30.1 Å². The molecule has 7 heteroatoms. The molecule has 2 aliphatic rings. The maximum absolute atomic E-state index is 13.3. The Morgan fingerprint density at radius 2 is 2.20 bits per heavy atom. The summed E-state index contributed by atoms with van der Waals surface area (Å²) in [6, 6.07) is 3.80. The van der Waals surface area contributed by atoms with Gasteiger partial charge in [-0.1, -0.05) is 6.07 Å². The number of morpholine rings is 1. The third kappa shape index (κ3) is 2.97. The lowest BCUT2D eigenvalue weighted by molar-refractivity contribution is -0.174. The third-order valence-electron chi connectivity index (χ3n) is 5.07. The number of urea groups is 1. The van der Waals surface area contributed by atoms with Crippen molar-refractivity contribution < 1.29 is 14.3 Å². The fraction of sp³-hybridized carbons (Fsp3) is 0.611. The van der Waals surface area contributed by atoms with E-state index in [0.29, 0.717) is 19.7 Å². The number of amides is 3. The van der Waals surface area contributed by atoms with Crippen LogP contribution in [0.3, 0.4) is 0 Å². The number of hydrogen-bond acceptors (Lipinski definition) is 4. The van der Waals surface area contributed by atoms with Gasteiger partial charge in [0.15, 0.2) is 5.60 Å². The summed E-state index contributed by atoms with van der Waals surface area (Å²) >= 11 is 0. The quantitative estimate of drug-likeness (QED) is 0.806. The zero-order chi connectivity index (χ0) is 18.2. The van der Waals surface area contributed by atoms with E-state index in [2.05, 4.69) is 4.98 Å². The van der Waals surface area contributed by atoms with Gasteiger partial charge in [-0.15, -0.1) is 0 Å². The molecule has 3 amide bonds. The molecular weight excluding hydrogens is 320 g/mol. The summed E-state index contributed by atoms with van der Waals surface area (Å²) in [5.41, 5.74) is -0.104. The number of carbonyl (C=O) groups is 2. The molecule has 0 N–H and O–H groups in total. The van der Waals surface area contributed by atoms with Crippen molar-refractivity contribution in [2.75, 3.05) is 40.3 Å². The van der Waals surface area contributed by atoms with Gasteiger partial charge in [0.2, 0.25) is 0 Å². The zero-order valence-electron chi connectivity index (χ0n) is 15.3. The minimum Gasteiger partial charge on any atom is -0.361 e. The van der Waals surface area contributed by atoms with E-state index in [1.54, 1.807) is 31.4 Å². The van der Waals surface area contributed by atoms with Crippen LogP contribution in [0, 0.1) is 0 Å². The fourth-order valence-electron chi connectivity index (χ4n) is 3.80. The number of nitrogens with zero attached hydrogens (tertiary/aromatic N) is 4. The van der Waals surface area contributed by atoms with Crippen LogP contribution >= 0.6 is 0 Å². The van der Waals surface area contributed by atoms with Crippen LogP contribution in [0.15, 0.2) is 24.5 Å². The summed E-state index contributed by atoms with van der Waals surface area (Å²) in [6.45, 7) is 5.79. The number of hydrogen-bond donors (Lipinski definition) is 0. The van der Waals surface area contributed by atoms with Crippen LogP contribution in [0.1, 0.15) is 25.3 Å². The van der Waals surface area contributed by atoms with E-state index < -0.39 is 5.60 Å². The van der Waals surface area contributed by atoms with Gasteiger partial charge in [-0.3, -0.25) is 9.78 Å². The van der Waals surface area contributed by atoms with Crippen LogP contribution in [0.2, 0.25) is 0 Å². The molecule has 0 aromatic carbocycles. The Labute approximate surface area is 148 Å². The van der Waals surface area contributed by atoms with Crippen molar-refractivity contribution in [1.29, 1.82) is 0 Å². The summed E-state index contributed by atoms with van der Waals surface area (Å²) in [5.74, 6) is -0.254. The molecule has 25 heavy (non-hydrogen) atoms. The van der Waals surface area contributed by atoms with Crippen molar-refractivity contribution >= 4 is 11.9 Å². The van der Waals surface area contributed by atoms with Crippen molar-refractivity contribution in [2.45, 2.75) is 31.4 Å². The molecule has 0 bridgehead atoms. The molecule has 2 saturated heterocycles. The van der Waals surface area contributed by atoms with Gasteiger partial charge in [-0.2, -0.15) is 0 Å². The van der Waals surface area contributed by atoms with E-state index in [1.165, 1.54) is 4.90 Å². The van der Waals surface area contributed by atoms with Gasteiger partial charge in [-0.05, 0) is 25.5 Å². The topological polar surface area (TPSA) is 66.0 Å². The second kappa shape index (κ2) is 6.63. The summed E-state index contributed by atoms with van der Waals surface area (Å²) in [6.07, 6.45) is 3.47. The number of likely N-dealkylation sites (tertiary alicyclic amines) is 1. The Morgan fingerprint density at radius 3 is 2.80 bits per heavy atom. The Morgan fingerprint density at radius 1 is 1.44 bits per heavy atom. The molecule has 0 radical (unpaired) electrons. The van der Waals surface area contributed by atoms with Gasteiger partial charge in [-0.25, -0.2) is 4.79 Å². The van der Waals surface area contributed by atoms with Gasteiger partial charge < -0.3 is 19.4 Å². The van der Waals surface area contributed by atoms with Crippen molar-refractivity contribution in [1.82, 2.24) is 19.7 Å². The normalized spacial score (nSPS) is 26.6. The number of aromatic nitrogens is 1. The molecule has 3 rings (SSSR count). The highest BCUT2D eigenvalue weighted by molar-refractivity contribution is 5.90. The minimum atomic E-state index is -1.03. The molecule has 136 valence electrons. The second-order valence-corrected chi connectivity index (χ2v) is 7.23. The van der Waals surface area contributed by atoms with E-state index >= 15 is 0 Å². The van der Waals surface area contributed by atoms with E-state index in [0.717, 1.165) is 5.56 Å². The summed E-state index contributed by atoms with van der Waals surface area (Å²) in [4.78, 5) is 35.2. The smallest absolute Gasteiger partial charge is 0.319 e. The Hall–Kier alpha value is -2.15. The lowest BCUT2D eigenvalue weighted by atomic mass is 9.83. The molecule has 2 atom stereocenters. The van der Waals surface area contributed by atoms with Crippen LogP contribution in [0.25, 0.3) is 0 Å². The van der Waals surface area contributed by atoms with Crippen LogP contribution < -0.4 is 0 Å². The predicted molar refractivity (Wildman–Crippen MR) is 93.2 cm³/mol. The summed E-state index contributed by atoms with van der Waals surface area (Å²) in [7, 11) is 3.44. The summed E-state index contributed by atoms with van der Waals surface area (Å²) in [5, 5.41) is 0. The van der Waals surface area contributed by atoms with E-state index in [9.17, 15) is 9.59 Å². The standard InChI is InChI=1S/C18H26N4O3/c1-13(2)22-8-9-25-18(16(22)23)12-21(17(24)20(3)4)11-15(18)14-6-5-7-19-10-14/h5-7,10,13,15H,8-9,11-12H2,1-4H3/t15-,18-/m0/s1. The van der Waals surface area contributed by atoms with E-state index in [4.69, 9.17) is 4.74 Å². The average Bonchev–Trinajstić information content (AvgIpc) is 2.97. The lowest BCUT2D eigenvalue weighted by Crippen LogP contribution is -2.62. The number of ether oxygens (including phenoxy) is 1. The van der Waals surface area contributed by atoms with Crippen LogP contribution in [0.5, 0.6) is 0 Å². The zero-order valence-corrected chi connectivity index (χ0v) is 15.3. The average molecular weight is 346 g/mol. The van der Waals surface area contributed by atoms with Gasteiger partial charge in [0.25, 0.3) is 5.91 Å². The Balaban J connectivity index is 2.01. The fourth-order valence-corrected chi connectivity index (χ4v) is 3.80. The van der Waals surface area contributed by atoms with Crippen molar-refractivity contribution in [2.24, 2.45) is 0 Å². The van der Waals surface area contributed by atoms with Crippen molar-refractivity contribution in [3.8, 4) is 0 Å². The first-order chi connectivity index (χ1) is 11.9. The first-order valence-corrected chi connectivity index (χ1v) is 8.68. The second-order valence-electron chi connectivity index (χ2n) is 7.23. The molecule has 2 aliphatic heterocycles. The molecule has 1 aromatic rings. The van der Waals surface area contributed by atoms with Crippen molar-refractivity contribution in [3.63, 3.8) is 0 Å². The van der Waals surface area contributed by atoms with Gasteiger partial charge in [0, 0.05) is 51.5 Å². The molecule has 3 heterocycles. The lowest BCUT2D eigenvalue weighted by Gasteiger charge is -2.43.